The number of nitrogens with zero attached hydrogens (tertiary/aromatic N) is 3. The molecule has 0 spiro atoms. The van der Waals surface area contributed by atoms with Gasteiger partial charge < -0.3 is 4.74 Å². The Bertz CT molecular complexity index is 643. The molecular weight excluding hydrogens is 282 g/mol. The van der Waals surface area contributed by atoms with Gasteiger partial charge in [0.25, 0.3) is 0 Å². The Balaban J connectivity index is 1.71. The van der Waals surface area contributed by atoms with Crippen LogP contribution < -0.4 is 0 Å². The molecule has 6 heteroatoms. The topological polar surface area (TPSA) is 53.1 Å². The van der Waals surface area contributed by atoms with Crippen molar-refractivity contribution in [3.8, 4) is 0 Å². The van der Waals surface area contributed by atoms with Gasteiger partial charge in [-0.25, -0.2) is 9.80 Å². The smallest absolute Gasteiger partial charge is 0.413 e. The van der Waals surface area contributed by atoms with E-state index >= 15 is 0 Å². The fraction of sp³-hybridized carbons (Fsp3) is 0.375. The Kier molecular flexibility index (Phi) is 3.11. The van der Waals surface area contributed by atoms with Gasteiger partial charge in [-0.2, -0.15) is 0 Å². The van der Waals surface area contributed by atoms with E-state index in [-0.39, 0.29) is 18.0 Å². The van der Waals surface area contributed by atoms with Crippen molar-refractivity contribution < 1.29 is 14.3 Å². The van der Waals surface area contributed by atoms with Gasteiger partial charge in [-0.3, -0.25) is 14.7 Å². The molecule has 0 bridgehead atoms. The van der Waals surface area contributed by atoms with Gasteiger partial charge in [0.05, 0.1) is 19.1 Å². The maximum Gasteiger partial charge on any atom is 0.413 e. The number of rotatable bonds is 2. The van der Waals surface area contributed by atoms with Crippen molar-refractivity contribution >= 4 is 12.0 Å². The average molecular weight is 299 g/mol. The number of amides is 2. The van der Waals surface area contributed by atoms with E-state index in [1.165, 1.54) is 0 Å². The molecule has 1 aromatic carbocycles. The average Bonchev–Trinajstić information content (AvgIpc) is 3.19. The second kappa shape index (κ2) is 5.14. The van der Waals surface area contributed by atoms with Crippen LogP contribution in [-0.4, -0.2) is 53.2 Å². The molecule has 0 saturated carbocycles. The number of carbonyl (C=O) groups excluding carboxylic acids is 2. The van der Waals surface area contributed by atoms with E-state index in [1.807, 2.05) is 24.4 Å². The second-order valence-corrected chi connectivity index (χ2v) is 5.69. The third-order valence-electron chi connectivity index (χ3n) is 4.36. The zero-order chi connectivity index (χ0) is 15.1. The maximum absolute atomic E-state index is 12.0. The molecule has 3 aliphatic heterocycles. The van der Waals surface area contributed by atoms with Crippen molar-refractivity contribution in [2.75, 3.05) is 26.2 Å². The molecule has 3 aliphatic rings. The first-order chi connectivity index (χ1) is 10.7. The van der Waals surface area contributed by atoms with E-state index in [1.54, 1.807) is 9.91 Å². The Morgan fingerprint density at radius 3 is 2.68 bits per heavy atom. The summed E-state index contributed by atoms with van der Waals surface area (Å²) in [5.74, 6) is 0.147. The lowest BCUT2D eigenvalue weighted by Gasteiger charge is -2.25. The molecule has 0 radical (unpaired) electrons. The normalized spacial score (nSPS) is 26.9. The van der Waals surface area contributed by atoms with Crippen LogP contribution in [0.2, 0.25) is 0 Å². The van der Waals surface area contributed by atoms with Gasteiger partial charge in [-0.1, -0.05) is 30.3 Å². The zero-order valence-corrected chi connectivity index (χ0v) is 12.1. The summed E-state index contributed by atoms with van der Waals surface area (Å²) in [4.78, 5) is 25.3. The predicted octanol–water partition coefficient (Wildman–Crippen LogP) is 1.53. The van der Waals surface area contributed by atoms with Crippen molar-refractivity contribution in [3.63, 3.8) is 0 Å². The number of fused-ring (bicyclic) bond motifs is 1. The van der Waals surface area contributed by atoms with Crippen LogP contribution in [0.15, 0.2) is 42.1 Å². The van der Waals surface area contributed by atoms with Crippen molar-refractivity contribution in [1.82, 2.24) is 14.9 Å². The highest BCUT2D eigenvalue weighted by atomic mass is 16.6. The molecule has 2 amide bonds. The van der Waals surface area contributed by atoms with E-state index < -0.39 is 0 Å². The molecule has 22 heavy (non-hydrogen) atoms. The van der Waals surface area contributed by atoms with Gasteiger partial charge in [-0.05, 0) is 11.1 Å². The van der Waals surface area contributed by atoms with Crippen LogP contribution in [0.3, 0.4) is 0 Å². The number of carbonyl (C=O) groups is 2. The molecule has 3 saturated heterocycles. The monoisotopic (exact) mass is 299 g/mol. The number of hydrazine groups is 1. The molecule has 1 aromatic rings. The molecule has 3 fully saturated rings. The first kappa shape index (κ1) is 13.3. The molecule has 114 valence electrons. The lowest BCUT2D eigenvalue weighted by Crippen LogP contribution is -2.33. The van der Waals surface area contributed by atoms with Crippen molar-refractivity contribution in [2.45, 2.75) is 12.5 Å². The van der Waals surface area contributed by atoms with E-state index in [9.17, 15) is 9.59 Å². The van der Waals surface area contributed by atoms with Crippen molar-refractivity contribution in [1.29, 1.82) is 0 Å². The molecule has 3 heterocycles. The number of ether oxygens (including phenoxy) is 1. The zero-order valence-electron chi connectivity index (χ0n) is 12.1. The fourth-order valence-corrected chi connectivity index (χ4v) is 3.36. The second-order valence-electron chi connectivity index (χ2n) is 5.69. The quantitative estimate of drug-likeness (QED) is 0.831. The van der Waals surface area contributed by atoms with Gasteiger partial charge in [0, 0.05) is 19.2 Å². The summed E-state index contributed by atoms with van der Waals surface area (Å²) in [7, 11) is 0. The molecule has 6 nitrogen and oxygen atoms in total. The van der Waals surface area contributed by atoms with Crippen LogP contribution in [0.5, 0.6) is 0 Å². The van der Waals surface area contributed by atoms with Crippen LogP contribution in [-0.2, 0) is 9.53 Å². The van der Waals surface area contributed by atoms with Gasteiger partial charge in [0.2, 0.25) is 5.91 Å². The highest BCUT2D eigenvalue weighted by molar-refractivity contribution is 5.79. The van der Waals surface area contributed by atoms with E-state index in [4.69, 9.17) is 4.74 Å². The van der Waals surface area contributed by atoms with Crippen LogP contribution in [0.1, 0.15) is 18.0 Å². The van der Waals surface area contributed by atoms with Crippen LogP contribution in [0.25, 0.3) is 0 Å². The number of benzene rings is 1. The highest BCUT2D eigenvalue weighted by Crippen LogP contribution is 2.39. The Hall–Kier alpha value is -2.34. The summed E-state index contributed by atoms with van der Waals surface area (Å²) >= 11 is 0. The van der Waals surface area contributed by atoms with Crippen LogP contribution in [0.4, 0.5) is 4.79 Å². The molecule has 1 atom stereocenters. The molecule has 0 N–H and O–H groups in total. The Morgan fingerprint density at radius 1 is 1.14 bits per heavy atom. The third-order valence-corrected chi connectivity index (χ3v) is 4.36. The summed E-state index contributed by atoms with van der Waals surface area (Å²) in [5.41, 5.74) is 2.19. The van der Waals surface area contributed by atoms with Gasteiger partial charge in [0.1, 0.15) is 6.61 Å². The minimum Gasteiger partial charge on any atom is -0.447 e. The molecule has 0 aromatic heterocycles. The number of cyclic esters (lactones) is 1. The van der Waals surface area contributed by atoms with Crippen LogP contribution >= 0.6 is 0 Å². The Labute approximate surface area is 128 Å². The summed E-state index contributed by atoms with van der Waals surface area (Å²) in [6.07, 6.45) is 2.11. The molecule has 0 unspecified atom stereocenters. The van der Waals surface area contributed by atoms with Gasteiger partial charge >= 0.3 is 6.09 Å². The maximum atomic E-state index is 12.0. The summed E-state index contributed by atoms with van der Waals surface area (Å²) < 4.78 is 4.98. The summed E-state index contributed by atoms with van der Waals surface area (Å²) in [6.45, 7) is 2.26. The lowest BCUT2D eigenvalue weighted by molar-refractivity contribution is -0.135. The minimum absolute atomic E-state index is 0.0149. The lowest BCUT2D eigenvalue weighted by atomic mass is 10.00. The molecule has 0 aliphatic carbocycles. The third kappa shape index (κ3) is 2.07. The standard InChI is InChI=1S/C16H17N3O3/c20-14-6-7-18-15(12-4-2-1-3-5-12)13(11-19(14)18)10-17-8-9-22-16(17)21/h1-5,10,15H,6-9,11H2/b13-10-/t15-/m1/s1. The fourth-order valence-electron chi connectivity index (χ4n) is 3.36. The number of hydrogen-bond acceptors (Lipinski definition) is 4. The van der Waals surface area contributed by atoms with Crippen molar-refractivity contribution in [2.24, 2.45) is 0 Å². The minimum atomic E-state index is -0.312. The predicted molar refractivity (Wildman–Crippen MR) is 78.4 cm³/mol. The first-order valence-corrected chi connectivity index (χ1v) is 7.50. The van der Waals surface area contributed by atoms with Gasteiger partial charge in [-0.15, -0.1) is 0 Å². The number of hydrogen-bond donors (Lipinski definition) is 0. The Morgan fingerprint density at radius 2 is 1.95 bits per heavy atom. The first-order valence-electron chi connectivity index (χ1n) is 7.50. The van der Waals surface area contributed by atoms with E-state index in [2.05, 4.69) is 17.1 Å². The highest BCUT2D eigenvalue weighted by Gasteiger charge is 2.43. The molecular formula is C16H17N3O3. The van der Waals surface area contributed by atoms with E-state index in [0.29, 0.717) is 26.1 Å². The summed E-state index contributed by atoms with van der Waals surface area (Å²) in [5, 5.41) is 3.90. The van der Waals surface area contributed by atoms with E-state index in [0.717, 1.165) is 17.7 Å². The largest absolute Gasteiger partial charge is 0.447 e. The SMILES string of the molecule is O=C1OCCN1/C=C1/CN2C(=O)CCN2[C@@H]1c1ccccc1. The van der Waals surface area contributed by atoms with Crippen molar-refractivity contribution in [3.05, 3.63) is 47.7 Å². The molecule has 4 rings (SSSR count). The van der Waals surface area contributed by atoms with Crippen LogP contribution in [0, 0.1) is 0 Å². The summed E-state index contributed by atoms with van der Waals surface area (Å²) in [6, 6.07) is 10.1. The van der Waals surface area contributed by atoms with Gasteiger partial charge in [0.15, 0.2) is 0 Å².